The normalized spacial score (nSPS) is 11.3. The van der Waals surface area contributed by atoms with Crippen molar-refractivity contribution < 1.29 is 9.34 Å². The fourth-order valence-corrected chi connectivity index (χ4v) is 2.92. The number of para-hydroxylation sites is 1. The van der Waals surface area contributed by atoms with E-state index in [0.717, 1.165) is 5.56 Å². The van der Waals surface area contributed by atoms with Gasteiger partial charge >= 0.3 is 5.88 Å². The molecule has 0 aliphatic carbocycles. The Morgan fingerprint density at radius 2 is 1.75 bits per heavy atom. The number of rotatable bonds is 5. The molecule has 0 saturated heterocycles. The van der Waals surface area contributed by atoms with Gasteiger partial charge in [0, 0.05) is 0 Å². The third kappa shape index (κ3) is 3.45. The van der Waals surface area contributed by atoms with Crippen LogP contribution in [0.15, 0.2) is 75.9 Å². The average molecular weight is 373 g/mol. The SMILES string of the molecule is O=c1c2ccccc2nc(/C=C\c2ccc([N+](=O)[O-])o2)n1Cc1ccccc1. The number of aromatic nitrogens is 2. The fraction of sp³-hybridized carbons (Fsp3) is 0.0476. The molecular weight excluding hydrogens is 358 g/mol. The van der Waals surface area contributed by atoms with E-state index in [1.165, 1.54) is 12.1 Å². The lowest BCUT2D eigenvalue weighted by atomic mass is 10.2. The molecule has 0 bridgehead atoms. The fourth-order valence-electron chi connectivity index (χ4n) is 2.92. The van der Waals surface area contributed by atoms with Crippen LogP contribution in [0.1, 0.15) is 17.1 Å². The molecule has 0 N–H and O–H groups in total. The second-order valence-electron chi connectivity index (χ2n) is 6.13. The molecule has 0 amide bonds. The molecular formula is C21H15N3O4. The van der Waals surface area contributed by atoms with Gasteiger partial charge in [0.1, 0.15) is 16.5 Å². The average Bonchev–Trinajstić information content (AvgIpc) is 3.19. The molecule has 2 aromatic heterocycles. The van der Waals surface area contributed by atoms with Crippen LogP contribution >= 0.6 is 0 Å². The lowest BCUT2D eigenvalue weighted by molar-refractivity contribution is -0.402. The van der Waals surface area contributed by atoms with Crippen molar-refractivity contribution in [3.05, 3.63) is 104 Å². The molecule has 0 saturated carbocycles. The number of fused-ring (bicyclic) bond motifs is 1. The summed E-state index contributed by atoms with van der Waals surface area (Å²) in [6, 6.07) is 19.5. The van der Waals surface area contributed by atoms with Crippen molar-refractivity contribution in [3.8, 4) is 0 Å². The highest BCUT2D eigenvalue weighted by Crippen LogP contribution is 2.18. The van der Waals surface area contributed by atoms with Gasteiger partial charge in [-0.25, -0.2) is 4.98 Å². The molecule has 4 aromatic rings. The van der Waals surface area contributed by atoms with Crippen molar-refractivity contribution >= 4 is 28.9 Å². The van der Waals surface area contributed by atoms with Crippen molar-refractivity contribution in [1.82, 2.24) is 9.55 Å². The Morgan fingerprint density at radius 1 is 1.00 bits per heavy atom. The van der Waals surface area contributed by atoms with Crippen LogP contribution in [-0.2, 0) is 6.54 Å². The number of nitro groups is 1. The highest BCUT2D eigenvalue weighted by molar-refractivity contribution is 5.79. The number of furan rings is 1. The van der Waals surface area contributed by atoms with Gasteiger partial charge < -0.3 is 4.42 Å². The number of hydrogen-bond donors (Lipinski definition) is 0. The zero-order valence-electron chi connectivity index (χ0n) is 14.7. The summed E-state index contributed by atoms with van der Waals surface area (Å²) in [6.07, 6.45) is 3.18. The minimum atomic E-state index is -0.600. The topological polar surface area (TPSA) is 91.2 Å². The lowest BCUT2D eigenvalue weighted by Gasteiger charge is -2.11. The third-order valence-corrected chi connectivity index (χ3v) is 4.26. The van der Waals surface area contributed by atoms with Gasteiger partial charge in [-0.15, -0.1) is 0 Å². The Labute approximate surface area is 159 Å². The first kappa shape index (κ1) is 17.4. The minimum absolute atomic E-state index is 0.153. The van der Waals surface area contributed by atoms with Crippen LogP contribution < -0.4 is 5.56 Å². The summed E-state index contributed by atoms with van der Waals surface area (Å²) in [4.78, 5) is 27.8. The summed E-state index contributed by atoms with van der Waals surface area (Å²) in [5.74, 6) is 0.403. The maximum absolute atomic E-state index is 13.0. The maximum atomic E-state index is 13.0. The van der Waals surface area contributed by atoms with E-state index < -0.39 is 4.92 Å². The number of hydrogen-bond acceptors (Lipinski definition) is 5. The first-order valence-electron chi connectivity index (χ1n) is 8.57. The van der Waals surface area contributed by atoms with Gasteiger partial charge in [-0.1, -0.05) is 42.5 Å². The Bertz CT molecular complexity index is 1240. The monoisotopic (exact) mass is 373 g/mol. The van der Waals surface area contributed by atoms with Crippen LogP contribution in [-0.4, -0.2) is 14.5 Å². The maximum Gasteiger partial charge on any atom is 0.433 e. The first-order chi connectivity index (χ1) is 13.6. The van der Waals surface area contributed by atoms with E-state index in [1.807, 2.05) is 36.4 Å². The predicted octanol–water partition coefficient (Wildman–Crippen LogP) is 4.12. The second kappa shape index (κ2) is 7.32. The quantitative estimate of drug-likeness (QED) is 0.388. The number of benzene rings is 2. The highest BCUT2D eigenvalue weighted by atomic mass is 16.6. The van der Waals surface area contributed by atoms with Crippen molar-refractivity contribution in [1.29, 1.82) is 0 Å². The van der Waals surface area contributed by atoms with E-state index in [0.29, 0.717) is 29.0 Å². The van der Waals surface area contributed by atoms with E-state index in [1.54, 1.807) is 34.9 Å². The minimum Gasteiger partial charge on any atom is -0.401 e. The van der Waals surface area contributed by atoms with Crippen LogP contribution in [0.25, 0.3) is 23.1 Å². The Hall–Kier alpha value is -4.00. The summed E-state index contributed by atoms with van der Waals surface area (Å²) in [5.41, 5.74) is 1.39. The van der Waals surface area contributed by atoms with E-state index in [-0.39, 0.29) is 11.4 Å². The van der Waals surface area contributed by atoms with Gasteiger partial charge in [0.05, 0.1) is 23.5 Å². The molecule has 0 spiro atoms. The van der Waals surface area contributed by atoms with Crippen LogP contribution in [0.3, 0.4) is 0 Å². The van der Waals surface area contributed by atoms with E-state index in [9.17, 15) is 14.9 Å². The predicted molar refractivity (Wildman–Crippen MR) is 106 cm³/mol. The van der Waals surface area contributed by atoms with Gasteiger partial charge in [0.15, 0.2) is 0 Å². The first-order valence-corrected chi connectivity index (χ1v) is 8.57. The van der Waals surface area contributed by atoms with Gasteiger partial charge in [0.2, 0.25) is 0 Å². The molecule has 0 atom stereocenters. The van der Waals surface area contributed by atoms with E-state index >= 15 is 0 Å². The van der Waals surface area contributed by atoms with E-state index in [2.05, 4.69) is 4.98 Å². The lowest BCUT2D eigenvalue weighted by Crippen LogP contribution is -2.24. The Kier molecular flexibility index (Phi) is 4.55. The Balaban J connectivity index is 1.80. The van der Waals surface area contributed by atoms with Crippen molar-refractivity contribution in [2.45, 2.75) is 6.54 Å². The zero-order valence-corrected chi connectivity index (χ0v) is 14.7. The highest BCUT2D eigenvalue weighted by Gasteiger charge is 2.12. The van der Waals surface area contributed by atoms with Gasteiger partial charge in [-0.3, -0.25) is 19.5 Å². The molecule has 28 heavy (non-hydrogen) atoms. The molecule has 2 heterocycles. The molecule has 2 aromatic carbocycles. The molecule has 4 rings (SSSR count). The molecule has 0 aliphatic heterocycles. The van der Waals surface area contributed by atoms with Crippen LogP contribution in [0.2, 0.25) is 0 Å². The summed E-state index contributed by atoms with van der Waals surface area (Å²) >= 11 is 0. The van der Waals surface area contributed by atoms with Gasteiger partial charge in [-0.2, -0.15) is 0 Å². The molecule has 0 fully saturated rings. The molecule has 0 aliphatic rings. The molecule has 0 unspecified atom stereocenters. The van der Waals surface area contributed by atoms with Crippen LogP contribution in [0.4, 0.5) is 5.88 Å². The molecule has 7 heteroatoms. The van der Waals surface area contributed by atoms with Crippen LogP contribution in [0, 0.1) is 10.1 Å². The Morgan fingerprint density at radius 3 is 2.50 bits per heavy atom. The van der Waals surface area contributed by atoms with Crippen LogP contribution in [0.5, 0.6) is 0 Å². The largest absolute Gasteiger partial charge is 0.433 e. The standard InChI is InChI=1S/C21H15N3O4/c25-21-17-8-4-5-9-18(17)22-19(23(21)14-15-6-2-1-3-7-15)12-10-16-11-13-20(28-16)24(26)27/h1-13H,14H2/b12-10-. The summed E-state index contributed by atoms with van der Waals surface area (Å²) < 4.78 is 6.72. The second-order valence-corrected chi connectivity index (χ2v) is 6.13. The zero-order chi connectivity index (χ0) is 19.5. The van der Waals surface area contributed by atoms with Crippen molar-refractivity contribution in [2.75, 3.05) is 0 Å². The summed E-state index contributed by atoms with van der Waals surface area (Å²) in [6.45, 7) is 0.357. The summed E-state index contributed by atoms with van der Waals surface area (Å²) in [7, 11) is 0. The van der Waals surface area contributed by atoms with Gasteiger partial charge in [-0.05, 0) is 35.9 Å². The molecule has 0 radical (unpaired) electrons. The van der Waals surface area contributed by atoms with E-state index in [4.69, 9.17) is 4.42 Å². The van der Waals surface area contributed by atoms with Gasteiger partial charge in [0.25, 0.3) is 5.56 Å². The summed E-state index contributed by atoms with van der Waals surface area (Å²) in [5, 5.41) is 11.3. The molecule has 7 nitrogen and oxygen atoms in total. The smallest absolute Gasteiger partial charge is 0.401 e. The molecule has 138 valence electrons. The van der Waals surface area contributed by atoms with Crippen molar-refractivity contribution in [3.63, 3.8) is 0 Å². The van der Waals surface area contributed by atoms with Crippen molar-refractivity contribution in [2.24, 2.45) is 0 Å². The number of nitrogens with zero attached hydrogens (tertiary/aromatic N) is 3. The third-order valence-electron chi connectivity index (χ3n) is 4.26.